The van der Waals surface area contributed by atoms with Crippen molar-refractivity contribution in [2.45, 2.75) is 5.88 Å². The summed E-state index contributed by atoms with van der Waals surface area (Å²) in [6.07, 6.45) is 0. The fraction of sp³-hybridized carbons (Fsp3) is 0.111. The van der Waals surface area contributed by atoms with Gasteiger partial charge in [0.05, 0.1) is 16.4 Å². The maximum absolute atomic E-state index is 13.1. The lowest BCUT2D eigenvalue weighted by Crippen LogP contribution is -1.92. The molecule has 17 heavy (non-hydrogen) atoms. The van der Waals surface area contributed by atoms with Crippen molar-refractivity contribution in [1.29, 1.82) is 0 Å². The van der Waals surface area contributed by atoms with Gasteiger partial charge in [-0.25, -0.2) is 4.39 Å². The predicted molar refractivity (Wildman–Crippen MR) is 61.5 cm³/mol. The molecule has 88 valence electrons. The number of nitro benzene ring substituents is 1. The SMILES string of the molecule is O=[N+]([O-])c1ccc(F)cc1-c1nnc(CCl)s1. The Kier molecular flexibility index (Phi) is 3.30. The number of alkyl halides is 1. The third kappa shape index (κ3) is 2.40. The Labute approximate surface area is 104 Å². The molecule has 0 radical (unpaired) electrons. The molecule has 1 aromatic carbocycles. The number of aromatic nitrogens is 2. The number of nitro groups is 1. The standard InChI is InChI=1S/C9H5ClFN3O2S/c10-4-8-12-13-9(17-8)6-3-5(11)1-2-7(6)14(15)16/h1-3H,4H2. The number of rotatable bonds is 3. The molecule has 0 aliphatic carbocycles. The maximum atomic E-state index is 13.1. The summed E-state index contributed by atoms with van der Waals surface area (Å²) in [5.74, 6) is -0.394. The van der Waals surface area contributed by atoms with Crippen LogP contribution in [0.2, 0.25) is 0 Å². The smallest absolute Gasteiger partial charge is 0.258 e. The first-order valence-corrected chi connectivity index (χ1v) is 5.79. The van der Waals surface area contributed by atoms with Crippen molar-refractivity contribution in [3.05, 3.63) is 39.1 Å². The predicted octanol–water partition coefficient (Wildman–Crippen LogP) is 2.99. The quantitative estimate of drug-likeness (QED) is 0.490. The van der Waals surface area contributed by atoms with Crippen LogP contribution in [0, 0.1) is 15.9 Å². The number of hydrogen-bond acceptors (Lipinski definition) is 5. The number of halogens is 2. The molecule has 8 heteroatoms. The first-order valence-electron chi connectivity index (χ1n) is 4.44. The summed E-state index contributed by atoms with van der Waals surface area (Å²) >= 11 is 6.66. The molecule has 5 nitrogen and oxygen atoms in total. The van der Waals surface area contributed by atoms with Crippen LogP contribution in [0.25, 0.3) is 10.6 Å². The number of nitrogens with zero attached hydrogens (tertiary/aromatic N) is 3. The zero-order chi connectivity index (χ0) is 12.4. The average molecular weight is 274 g/mol. The second kappa shape index (κ2) is 4.72. The Bertz CT molecular complexity index is 575. The van der Waals surface area contributed by atoms with Crippen LogP contribution in [0.5, 0.6) is 0 Å². The van der Waals surface area contributed by atoms with Crippen LogP contribution in [-0.2, 0) is 5.88 Å². The summed E-state index contributed by atoms with van der Waals surface area (Å²) in [5.41, 5.74) is -0.0902. The molecule has 0 amide bonds. The topological polar surface area (TPSA) is 68.9 Å². The molecule has 0 unspecified atom stereocenters. The largest absolute Gasteiger partial charge is 0.279 e. The van der Waals surface area contributed by atoms with Crippen molar-refractivity contribution in [3.8, 4) is 10.6 Å². The van der Waals surface area contributed by atoms with E-state index < -0.39 is 10.7 Å². The van der Waals surface area contributed by atoms with Gasteiger partial charge in [-0.2, -0.15) is 0 Å². The van der Waals surface area contributed by atoms with Gasteiger partial charge in [-0.15, -0.1) is 21.8 Å². The lowest BCUT2D eigenvalue weighted by molar-refractivity contribution is -0.384. The van der Waals surface area contributed by atoms with Crippen LogP contribution < -0.4 is 0 Å². The molecule has 0 saturated carbocycles. The highest BCUT2D eigenvalue weighted by atomic mass is 35.5. The van der Waals surface area contributed by atoms with E-state index >= 15 is 0 Å². The van der Waals surface area contributed by atoms with Crippen molar-refractivity contribution in [3.63, 3.8) is 0 Å². The average Bonchev–Trinajstić information content (AvgIpc) is 2.76. The van der Waals surface area contributed by atoms with E-state index in [4.69, 9.17) is 11.6 Å². The molecule has 0 N–H and O–H groups in total. The molecule has 0 bridgehead atoms. The van der Waals surface area contributed by atoms with Crippen molar-refractivity contribution in [2.75, 3.05) is 0 Å². The summed E-state index contributed by atoms with van der Waals surface area (Å²) in [7, 11) is 0. The van der Waals surface area contributed by atoms with Crippen molar-refractivity contribution < 1.29 is 9.31 Å². The van der Waals surface area contributed by atoms with Crippen LogP contribution in [0.15, 0.2) is 18.2 Å². The van der Waals surface area contributed by atoms with Gasteiger partial charge in [-0.3, -0.25) is 10.1 Å². The Morgan fingerprint density at radius 3 is 2.82 bits per heavy atom. The van der Waals surface area contributed by atoms with Crippen molar-refractivity contribution in [2.24, 2.45) is 0 Å². The van der Waals surface area contributed by atoms with Gasteiger partial charge in [-0.1, -0.05) is 11.3 Å². The van der Waals surface area contributed by atoms with Gasteiger partial charge in [0.2, 0.25) is 0 Å². The molecular weight excluding hydrogens is 269 g/mol. The third-order valence-electron chi connectivity index (χ3n) is 1.97. The minimum atomic E-state index is -0.587. The van der Waals surface area contributed by atoms with E-state index in [9.17, 15) is 14.5 Å². The van der Waals surface area contributed by atoms with Gasteiger partial charge >= 0.3 is 0 Å². The summed E-state index contributed by atoms with van der Waals surface area (Å²) < 4.78 is 13.1. The minimum absolute atomic E-state index is 0.115. The molecule has 1 heterocycles. The molecule has 2 aromatic rings. The number of benzene rings is 1. The molecule has 1 aromatic heterocycles. The van der Waals surface area contributed by atoms with E-state index in [1.165, 1.54) is 0 Å². The van der Waals surface area contributed by atoms with Gasteiger partial charge in [0.15, 0.2) is 5.01 Å². The number of hydrogen-bond donors (Lipinski definition) is 0. The first kappa shape index (κ1) is 11.9. The highest BCUT2D eigenvalue weighted by Crippen LogP contribution is 2.32. The second-order valence-electron chi connectivity index (χ2n) is 3.05. The van der Waals surface area contributed by atoms with E-state index in [1.807, 2.05) is 0 Å². The van der Waals surface area contributed by atoms with Gasteiger partial charge in [0.1, 0.15) is 10.8 Å². The normalized spacial score (nSPS) is 10.5. The Morgan fingerprint density at radius 2 is 2.24 bits per heavy atom. The van der Waals surface area contributed by atoms with Crippen LogP contribution in [0.1, 0.15) is 5.01 Å². The van der Waals surface area contributed by atoms with Crippen LogP contribution in [0.4, 0.5) is 10.1 Å². The molecule has 2 rings (SSSR count). The van der Waals surface area contributed by atoms with Crippen LogP contribution in [-0.4, -0.2) is 15.1 Å². The van der Waals surface area contributed by atoms with Gasteiger partial charge in [-0.05, 0) is 12.1 Å². The van der Waals surface area contributed by atoms with Crippen molar-refractivity contribution >= 4 is 28.6 Å². The molecule has 0 atom stereocenters. The zero-order valence-corrected chi connectivity index (χ0v) is 9.83. The molecule has 0 saturated heterocycles. The lowest BCUT2D eigenvalue weighted by atomic mass is 10.2. The zero-order valence-electron chi connectivity index (χ0n) is 8.26. The van der Waals surface area contributed by atoms with E-state index in [1.54, 1.807) is 0 Å². The van der Waals surface area contributed by atoms with E-state index in [0.29, 0.717) is 5.01 Å². The minimum Gasteiger partial charge on any atom is -0.258 e. The van der Waals surface area contributed by atoms with E-state index in [0.717, 1.165) is 29.5 Å². The summed E-state index contributed by atoms with van der Waals surface area (Å²) in [4.78, 5) is 10.2. The monoisotopic (exact) mass is 273 g/mol. The summed E-state index contributed by atoms with van der Waals surface area (Å²) in [5, 5.41) is 19.1. The van der Waals surface area contributed by atoms with E-state index in [2.05, 4.69) is 10.2 Å². The Hall–Kier alpha value is -1.60. The molecule has 0 aliphatic heterocycles. The first-order chi connectivity index (χ1) is 8.11. The summed E-state index contributed by atoms with van der Waals surface area (Å²) in [6, 6.07) is 3.20. The second-order valence-corrected chi connectivity index (χ2v) is 4.38. The summed E-state index contributed by atoms with van der Waals surface area (Å²) in [6.45, 7) is 0. The maximum Gasteiger partial charge on any atom is 0.279 e. The fourth-order valence-corrected chi connectivity index (χ4v) is 2.19. The Balaban J connectivity index is 2.56. The molecular formula is C9H5ClFN3O2S. The Morgan fingerprint density at radius 1 is 1.47 bits per heavy atom. The molecule has 0 fully saturated rings. The highest BCUT2D eigenvalue weighted by Gasteiger charge is 2.19. The van der Waals surface area contributed by atoms with Gasteiger partial charge < -0.3 is 0 Å². The third-order valence-corrected chi connectivity index (χ3v) is 3.34. The highest BCUT2D eigenvalue weighted by molar-refractivity contribution is 7.14. The van der Waals surface area contributed by atoms with Crippen molar-refractivity contribution in [1.82, 2.24) is 10.2 Å². The van der Waals surface area contributed by atoms with Crippen LogP contribution >= 0.6 is 22.9 Å². The lowest BCUT2D eigenvalue weighted by Gasteiger charge is -1.98. The van der Waals surface area contributed by atoms with Crippen LogP contribution in [0.3, 0.4) is 0 Å². The molecule has 0 spiro atoms. The molecule has 0 aliphatic rings. The fourth-order valence-electron chi connectivity index (χ4n) is 1.26. The van der Waals surface area contributed by atoms with Gasteiger partial charge in [0, 0.05) is 6.07 Å². The van der Waals surface area contributed by atoms with Gasteiger partial charge in [0.25, 0.3) is 5.69 Å². The van der Waals surface area contributed by atoms with E-state index in [-0.39, 0.29) is 22.1 Å².